The van der Waals surface area contributed by atoms with E-state index in [0.29, 0.717) is 24.8 Å². The summed E-state index contributed by atoms with van der Waals surface area (Å²) in [6.45, 7) is 1.45. The van der Waals surface area contributed by atoms with E-state index in [1.807, 2.05) is 0 Å². The van der Waals surface area contributed by atoms with Crippen LogP contribution in [0.2, 0.25) is 0 Å². The van der Waals surface area contributed by atoms with Crippen LogP contribution in [0.4, 0.5) is 0 Å². The van der Waals surface area contributed by atoms with Gasteiger partial charge in [-0.05, 0) is 56.9 Å². The second-order valence-corrected chi connectivity index (χ2v) is 5.97. The van der Waals surface area contributed by atoms with Crippen LogP contribution in [-0.4, -0.2) is 35.8 Å². The monoisotopic (exact) mass is 267 g/mol. The van der Waals surface area contributed by atoms with Crippen LogP contribution >= 0.6 is 0 Å². The zero-order valence-electron chi connectivity index (χ0n) is 11.5. The molecule has 0 aromatic carbocycles. The molecular formula is C14H25N3O2. The Bertz CT molecular complexity index is 338. The van der Waals surface area contributed by atoms with Crippen molar-refractivity contribution in [2.24, 2.45) is 23.3 Å². The van der Waals surface area contributed by atoms with Crippen molar-refractivity contribution in [2.45, 2.75) is 51.0 Å². The average molecular weight is 267 g/mol. The van der Waals surface area contributed by atoms with Gasteiger partial charge in [0.1, 0.15) is 6.04 Å². The summed E-state index contributed by atoms with van der Waals surface area (Å²) in [7, 11) is 0. The summed E-state index contributed by atoms with van der Waals surface area (Å²) in [5, 5.41) is 0. The Morgan fingerprint density at radius 3 is 2.26 bits per heavy atom. The van der Waals surface area contributed by atoms with E-state index in [-0.39, 0.29) is 17.9 Å². The van der Waals surface area contributed by atoms with Crippen molar-refractivity contribution in [1.29, 1.82) is 0 Å². The summed E-state index contributed by atoms with van der Waals surface area (Å²) < 4.78 is 0. The number of amides is 2. The van der Waals surface area contributed by atoms with Gasteiger partial charge in [0, 0.05) is 13.0 Å². The second kappa shape index (κ2) is 6.37. The third-order valence-electron chi connectivity index (χ3n) is 4.66. The maximum absolute atomic E-state index is 12.3. The van der Waals surface area contributed by atoms with E-state index in [2.05, 4.69) is 0 Å². The minimum atomic E-state index is -0.368. The Morgan fingerprint density at radius 1 is 1.05 bits per heavy atom. The fraction of sp³-hybridized carbons (Fsp3) is 0.857. The van der Waals surface area contributed by atoms with Gasteiger partial charge in [-0.3, -0.25) is 9.59 Å². The third kappa shape index (κ3) is 3.47. The summed E-state index contributed by atoms with van der Waals surface area (Å²) in [6.07, 6.45) is 6.62. The Balaban J connectivity index is 1.82. The first-order valence-corrected chi connectivity index (χ1v) is 7.40. The molecule has 2 amide bonds. The zero-order chi connectivity index (χ0) is 13.8. The lowest BCUT2D eigenvalue weighted by molar-refractivity contribution is -0.138. The van der Waals surface area contributed by atoms with Crippen LogP contribution in [-0.2, 0) is 9.59 Å². The molecular weight excluding hydrogens is 242 g/mol. The summed E-state index contributed by atoms with van der Waals surface area (Å²) in [5.74, 6) is 0.844. The Morgan fingerprint density at radius 2 is 1.68 bits per heavy atom. The van der Waals surface area contributed by atoms with Crippen molar-refractivity contribution in [2.75, 3.05) is 13.1 Å². The molecule has 1 aliphatic heterocycles. The third-order valence-corrected chi connectivity index (χ3v) is 4.66. The molecule has 2 rings (SSSR count). The molecule has 0 aromatic heterocycles. The molecule has 1 saturated heterocycles. The van der Waals surface area contributed by atoms with Gasteiger partial charge < -0.3 is 16.4 Å². The SMILES string of the molecule is NCC1CCC(CC(=O)N2CCCC2C(N)=O)CC1. The van der Waals surface area contributed by atoms with E-state index >= 15 is 0 Å². The first-order valence-electron chi connectivity index (χ1n) is 7.40. The number of nitrogens with zero attached hydrogens (tertiary/aromatic N) is 1. The predicted octanol–water partition coefficient (Wildman–Crippen LogP) is 0.618. The number of primary amides is 1. The second-order valence-electron chi connectivity index (χ2n) is 5.97. The molecule has 0 radical (unpaired) electrons. The van der Waals surface area contributed by atoms with Crippen LogP contribution in [0.25, 0.3) is 0 Å². The van der Waals surface area contributed by atoms with Gasteiger partial charge in [0.05, 0.1) is 0 Å². The number of hydrogen-bond acceptors (Lipinski definition) is 3. The highest BCUT2D eigenvalue weighted by molar-refractivity contribution is 5.87. The van der Waals surface area contributed by atoms with E-state index in [4.69, 9.17) is 11.5 Å². The van der Waals surface area contributed by atoms with Crippen molar-refractivity contribution in [3.63, 3.8) is 0 Å². The Hall–Kier alpha value is -1.10. The van der Waals surface area contributed by atoms with Crippen LogP contribution in [0.3, 0.4) is 0 Å². The summed E-state index contributed by atoms with van der Waals surface area (Å²) in [6, 6.07) is -0.368. The van der Waals surface area contributed by atoms with Crippen LogP contribution in [0.1, 0.15) is 44.9 Å². The number of rotatable bonds is 4. The number of carbonyl (C=O) groups excluding carboxylic acids is 2. The highest BCUT2D eigenvalue weighted by Crippen LogP contribution is 2.31. The topological polar surface area (TPSA) is 89.4 Å². The highest BCUT2D eigenvalue weighted by atomic mass is 16.2. The molecule has 5 nitrogen and oxygen atoms in total. The standard InChI is InChI=1S/C14H25N3O2/c15-9-11-5-3-10(4-6-11)8-13(18)17-7-1-2-12(17)14(16)19/h10-12H,1-9,15H2,(H2,16,19). The molecule has 1 unspecified atom stereocenters. The fourth-order valence-corrected chi connectivity index (χ4v) is 3.40. The fourth-order valence-electron chi connectivity index (χ4n) is 3.40. The molecule has 4 N–H and O–H groups in total. The van der Waals surface area contributed by atoms with Crippen molar-refractivity contribution in [3.05, 3.63) is 0 Å². The molecule has 0 aromatic rings. The van der Waals surface area contributed by atoms with E-state index in [1.165, 1.54) is 0 Å². The van der Waals surface area contributed by atoms with Gasteiger partial charge in [-0.1, -0.05) is 0 Å². The van der Waals surface area contributed by atoms with E-state index in [9.17, 15) is 9.59 Å². The normalized spacial score (nSPS) is 31.4. The van der Waals surface area contributed by atoms with Gasteiger partial charge >= 0.3 is 0 Å². The van der Waals surface area contributed by atoms with E-state index < -0.39 is 0 Å². The molecule has 0 bridgehead atoms. The summed E-state index contributed by atoms with van der Waals surface area (Å²) in [5.41, 5.74) is 11.0. The average Bonchev–Trinajstić information content (AvgIpc) is 2.89. The van der Waals surface area contributed by atoms with Crippen LogP contribution < -0.4 is 11.5 Å². The molecule has 1 heterocycles. The van der Waals surface area contributed by atoms with Gasteiger partial charge in [-0.25, -0.2) is 0 Å². The molecule has 1 saturated carbocycles. The van der Waals surface area contributed by atoms with Crippen molar-refractivity contribution >= 4 is 11.8 Å². The van der Waals surface area contributed by atoms with Crippen LogP contribution in [0.5, 0.6) is 0 Å². The molecule has 0 spiro atoms. The highest BCUT2D eigenvalue weighted by Gasteiger charge is 2.33. The van der Waals surface area contributed by atoms with E-state index in [1.54, 1.807) is 4.90 Å². The first-order chi connectivity index (χ1) is 9.11. The van der Waals surface area contributed by atoms with E-state index in [0.717, 1.165) is 45.1 Å². The Kier molecular flexibility index (Phi) is 4.80. The van der Waals surface area contributed by atoms with Gasteiger partial charge in [0.2, 0.25) is 11.8 Å². The number of nitrogens with two attached hydrogens (primary N) is 2. The molecule has 2 fully saturated rings. The van der Waals surface area contributed by atoms with Crippen molar-refractivity contribution in [3.8, 4) is 0 Å². The predicted molar refractivity (Wildman–Crippen MR) is 73.0 cm³/mol. The van der Waals surface area contributed by atoms with Crippen LogP contribution in [0, 0.1) is 11.8 Å². The summed E-state index contributed by atoms with van der Waals surface area (Å²) in [4.78, 5) is 25.3. The van der Waals surface area contributed by atoms with Crippen molar-refractivity contribution in [1.82, 2.24) is 4.90 Å². The quantitative estimate of drug-likeness (QED) is 0.782. The minimum absolute atomic E-state index is 0.109. The van der Waals surface area contributed by atoms with Crippen molar-refractivity contribution < 1.29 is 9.59 Å². The molecule has 1 aliphatic carbocycles. The smallest absolute Gasteiger partial charge is 0.240 e. The lowest BCUT2D eigenvalue weighted by Crippen LogP contribution is -2.44. The molecule has 108 valence electrons. The largest absolute Gasteiger partial charge is 0.368 e. The van der Waals surface area contributed by atoms with Gasteiger partial charge in [-0.15, -0.1) is 0 Å². The van der Waals surface area contributed by atoms with Gasteiger partial charge in [-0.2, -0.15) is 0 Å². The molecule has 1 atom stereocenters. The Labute approximate surface area is 114 Å². The number of carbonyl (C=O) groups is 2. The molecule has 5 heteroatoms. The minimum Gasteiger partial charge on any atom is -0.368 e. The lowest BCUT2D eigenvalue weighted by atomic mass is 9.80. The molecule has 19 heavy (non-hydrogen) atoms. The van der Waals surface area contributed by atoms with Gasteiger partial charge in [0.15, 0.2) is 0 Å². The number of likely N-dealkylation sites (tertiary alicyclic amines) is 1. The lowest BCUT2D eigenvalue weighted by Gasteiger charge is -2.29. The maximum atomic E-state index is 12.3. The number of hydrogen-bond donors (Lipinski definition) is 2. The van der Waals surface area contributed by atoms with Crippen LogP contribution in [0.15, 0.2) is 0 Å². The first kappa shape index (κ1) is 14.3. The maximum Gasteiger partial charge on any atom is 0.240 e. The zero-order valence-corrected chi connectivity index (χ0v) is 11.5. The molecule has 2 aliphatic rings. The van der Waals surface area contributed by atoms with Gasteiger partial charge in [0.25, 0.3) is 0 Å². The summed E-state index contributed by atoms with van der Waals surface area (Å²) >= 11 is 0.